The van der Waals surface area contributed by atoms with Crippen LogP contribution in [0.15, 0.2) is 26.6 Å². The Bertz CT molecular complexity index is 841. The van der Waals surface area contributed by atoms with Crippen molar-refractivity contribution < 1.29 is 13.9 Å². The molecule has 1 aliphatic rings. The molecule has 2 aromatic rings. The second kappa shape index (κ2) is 5.19. The van der Waals surface area contributed by atoms with E-state index in [1.165, 1.54) is 44.5 Å². The molecule has 120 valence electrons. The van der Waals surface area contributed by atoms with Crippen molar-refractivity contribution >= 4 is 11.9 Å². The second-order valence-corrected chi connectivity index (χ2v) is 4.91. The van der Waals surface area contributed by atoms with Crippen molar-refractivity contribution in [2.75, 3.05) is 14.1 Å². The number of amidine groups is 1. The van der Waals surface area contributed by atoms with Crippen LogP contribution in [0.2, 0.25) is 0 Å². The minimum atomic E-state index is -0.353. The predicted octanol–water partition coefficient (Wildman–Crippen LogP) is -0.793. The van der Waals surface area contributed by atoms with Gasteiger partial charge in [0.2, 0.25) is 0 Å². The van der Waals surface area contributed by atoms with Crippen LogP contribution in [0.5, 0.6) is 0 Å². The maximum Gasteiger partial charge on any atom is 0.539 e. The number of rotatable bonds is 2. The Morgan fingerprint density at radius 2 is 2.00 bits per heavy atom. The van der Waals surface area contributed by atoms with Crippen LogP contribution < -0.4 is 10.4 Å². The second-order valence-electron chi connectivity index (χ2n) is 4.91. The third-order valence-corrected chi connectivity index (χ3v) is 3.16. The number of carbonyl (C=O) groups excluding carboxylic acids is 1. The van der Waals surface area contributed by atoms with Crippen LogP contribution in [0.1, 0.15) is 5.56 Å². The van der Waals surface area contributed by atoms with E-state index in [4.69, 9.17) is 4.42 Å². The highest BCUT2D eigenvalue weighted by atomic mass is 16.3. The van der Waals surface area contributed by atoms with Crippen LogP contribution in [-0.4, -0.2) is 50.9 Å². The molecule has 3 heterocycles. The Hall–Kier alpha value is -3.24. The van der Waals surface area contributed by atoms with Gasteiger partial charge in [0.1, 0.15) is 14.1 Å². The fourth-order valence-electron chi connectivity index (χ4n) is 1.98. The number of urea groups is 1. The van der Waals surface area contributed by atoms with E-state index >= 15 is 0 Å². The van der Waals surface area contributed by atoms with Gasteiger partial charge in [-0.15, -0.1) is 0 Å². The zero-order chi connectivity index (χ0) is 16.7. The summed E-state index contributed by atoms with van der Waals surface area (Å²) in [5.41, 5.74) is 4.28. The van der Waals surface area contributed by atoms with Gasteiger partial charge in [-0.05, 0) is 11.9 Å². The van der Waals surface area contributed by atoms with Gasteiger partial charge in [-0.3, -0.25) is 0 Å². The molecule has 1 aliphatic heterocycles. The van der Waals surface area contributed by atoms with Crippen LogP contribution in [0.3, 0.4) is 0 Å². The van der Waals surface area contributed by atoms with E-state index in [9.17, 15) is 9.59 Å². The molecular weight excluding hydrogens is 304 g/mol. The van der Waals surface area contributed by atoms with Crippen molar-refractivity contribution in [1.82, 2.24) is 24.9 Å². The minimum absolute atomic E-state index is 0.245. The number of furan rings is 1. The average Bonchev–Trinajstić information content (AvgIpc) is 2.99. The van der Waals surface area contributed by atoms with E-state index in [0.717, 1.165) is 9.36 Å². The van der Waals surface area contributed by atoms with E-state index in [-0.39, 0.29) is 17.5 Å². The van der Waals surface area contributed by atoms with Crippen molar-refractivity contribution in [3.05, 3.63) is 33.8 Å². The van der Waals surface area contributed by atoms with Crippen LogP contribution in [0, 0.1) is 0 Å². The number of aromatic nitrogens is 4. The van der Waals surface area contributed by atoms with Gasteiger partial charge in [-0.1, -0.05) is 19.6 Å². The zero-order valence-corrected chi connectivity index (χ0v) is 13.0. The van der Waals surface area contributed by atoms with E-state index in [0.29, 0.717) is 17.2 Å². The molecule has 23 heavy (non-hydrogen) atoms. The third kappa shape index (κ3) is 2.52. The van der Waals surface area contributed by atoms with Gasteiger partial charge in [-0.25, -0.2) is 4.79 Å². The molecule has 0 aliphatic carbocycles. The smallest absolute Gasteiger partial charge is 0.460 e. The summed E-state index contributed by atoms with van der Waals surface area (Å²) < 4.78 is 7.75. The lowest BCUT2D eigenvalue weighted by Gasteiger charge is -2.38. The first kappa shape index (κ1) is 14.7. The number of hydrogen-bond acceptors (Lipinski definition) is 6. The van der Waals surface area contributed by atoms with Gasteiger partial charge in [0.05, 0.1) is 6.26 Å². The van der Waals surface area contributed by atoms with Gasteiger partial charge in [0, 0.05) is 19.7 Å². The van der Waals surface area contributed by atoms with E-state index in [1.807, 2.05) is 0 Å². The molecule has 0 N–H and O–H groups in total. The fourth-order valence-corrected chi connectivity index (χ4v) is 1.98. The van der Waals surface area contributed by atoms with E-state index in [2.05, 4.69) is 20.7 Å². The summed E-state index contributed by atoms with van der Waals surface area (Å²) in [6, 6.07) is 1.30. The Labute approximate surface area is 130 Å². The number of nitrogens with zero attached hydrogens (tertiary/aromatic N) is 8. The predicted molar refractivity (Wildman–Crippen MR) is 77.0 cm³/mol. The maximum atomic E-state index is 11.6. The van der Waals surface area contributed by atoms with E-state index < -0.39 is 0 Å². The van der Waals surface area contributed by atoms with Gasteiger partial charge < -0.3 is 25.0 Å². The largest absolute Gasteiger partial charge is 0.539 e. The van der Waals surface area contributed by atoms with Crippen molar-refractivity contribution in [3.8, 4) is 11.6 Å². The Morgan fingerprint density at radius 3 is 2.65 bits per heavy atom. The van der Waals surface area contributed by atoms with Crippen molar-refractivity contribution in [1.29, 1.82) is 0 Å². The maximum absolute atomic E-state index is 11.6. The number of hydrazone groups is 1. The summed E-state index contributed by atoms with van der Waals surface area (Å²) in [6.45, 7) is 0. The van der Waals surface area contributed by atoms with Crippen molar-refractivity contribution in [3.63, 3.8) is 0 Å². The molecule has 0 aromatic carbocycles. The molecule has 0 fully saturated rings. The zero-order valence-electron chi connectivity index (χ0n) is 13.0. The summed E-state index contributed by atoms with van der Waals surface area (Å²) in [5, 5.41) is 14.5. The summed E-state index contributed by atoms with van der Waals surface area (Å²) in [7, 11) is 6.11. The number of aryl methyl sites for hydroxylation is 2. The highest BCUT2D eigenvalue weighted by Gasteiger charge is 2.19. The van der Waals surface area contributed by atoms with Crippen LogP contribution in [0.4, 0.5) is 4.79 Å². The Kier molecular flexibility index (Phi) is 3.32. The Balaban J connectivity index is 1.97. The van der Waals surface area contributed by atoms with E-state index in [1.54, 1.807) is 6.07 Å². The molecule has 11 heteroatoms. The quantitative estimate of drug-likeness (QED) is 0.673. The van der Waals surface area contributed by atoms with Crippen molar-refractivity contribution in [2.24, 2.45) is 19.2 Å². The number of amides is 2. The molecule has 2 aromatic heterocycles. The first-order chi connectivity index (χ1) is 10.9. The molecule has 0 atom stereocenters. The van der Waals surface area contributed by atoms with Crippen LogP contribution >= 0.6 is 0 Å². The molecule has 0 unspecified atom stereocenters. The van der Waals surface area contributed by atoms with Gasteiger partial charge in [0.25, 0.3) is 5.82 Å². The molecule has 0 spiro atoms. The summed E-state index contributed by atoms with van der Waals surface area (Å²) in [6.07, 6.45) is 1.43. The number of hydrogen-bond donors (Lipinski definition) is 0. The highest BCUT2D eigenvalue weighted by molar-refractivity contribution is 6.10. The van der Waals surface area contributed by atoms with Crippen molar-refractivity contribution in [2.45, 2.75) is 0 Å². The standard InChI is InChI=1S/C12H14N8O3/c1-17-11(21)18(2)14-9(13-17)7-5-8(23-6-7)10-15-19(3)12(22)20(4)16-10/h5-6H,1-4H3. The van der Waals surface area contributed by atoms with Crippen LogP contribution in [-0.2, 0) is 14.1 Å². The first-order valence-corrected chi connectivity index (χ1v) is 6.59. The molecule has 3 rings (SSSR count). The monoisotopic (exact) mass is 318 g/mol. The number of carbonyl (C=O) groups is 1. The van der Waals surface area contributed by atoms with Crippen LogP contribution in [0.25, 0.3) is 17.0 Å². The summed E-state index contributed by atoms with van der Waals surface area (Å²) >= 11 is 0. The molecule has 0 bridgehead atoms. The molecule has 2 amide bonds. The average molecular weight is 318 g/mol. The van der Waals surface area contributed by atoms with Gasteiger partial charge in [-0.2, -0.15) is 4.79 Å². The SMILES string of the molecule is CN1N=C(c2coc(-c3nn(C)c(=O)[n+](C)n3)c2)[N-]N(C)C1=O. The third-order valence-electron chi connectivity index (χ3n) is 3.16. The topological polar surface area (TPSA) is 115 Å². The summed E-state index contributed by atoms with van der Waals surface area (Å²) in [4.78, 5) is 23.2. The molecular formula is C12H14N8O3. The normalized spacial score (nSPS) is 14.8. The highest BCUT2D eigenvalue weighted by Crippen LogP contribution is 2.22. The molecule has 0 saturated heterocycles. The lowest BCUT2D eigenvalue weighted by Crippen LogP contribution is -2.54. The first-order valence-electron chi connectivity index (χ1n) is 6.59. The Morgan fingerprint density at radius 1 is 1.26 bits per heavy atom. The minimum Gasteiger partial charge on any atom is -0.460 e. The molecule has 0 saturated carbocycles. The lowest BCUT2D eigenvalue weighted by molar-refractivity contribution is -0.749. The molecule has 0 radical (unpaired) electrons. The fraction of sp³-hybridized carbons (Fsp3) is 0.333. The summed E-state index contributed by atoms with van der Waals surface area (Å²) in [5.74, 6) is 0.917. The molecule has 11 nitrogen and oxygen atoms in total. The van der Waals surface area contributed by atoms with Gasteiger partial charge in [0.15, 0.2) is 5.76 Å². The lowest BCUT2D eigenvalue weighted by atomic mass is 10.3. The van der Waals surface area contributed by atoms with Gasteiger partial charge >= 0.3 is 11.7 Å².